The smallest absolute Gasteiger partial charge is 0.323 e. The molecular weight excluding hydrogens is 420 g/mol. The van der Waals surface area contributed by atoms with Gasteiger partial charge in [0.1, 0.15) is 0 Å². The molecule has 0 saturated carbocycles. The zero-order valence-corrected chi connectivity index (χ0v) is 18.4. The van der Waals surface area contributed by atoms with E-state index in [-0.39, 0.29) is 6.03 Å². The number of nitrogens with one attached hydrogen (secondary N) is 3. The normalized spacial score (nSPS) is 14.8. The van der Waals surface area contributed by atoms with Gasteiger partial charge in [-0.2, -0.15) is 0 Å². The molecule has 1 atom stereocenters. The number of fused-ring (bicyclic) bond motifs is 1. The van der Waals surface area contributed by atoms with Crippen LogP contribution in [0.25, 0.3) is 11.1 Å². The van der Waals surface area contributed by atoms with E-state index in [0.717, 1.165) is 29.7 Å². The van der Waals surface area contributed by atoms with Gasteiger partial charge in [-0.15, -0.1) is 0 Å². The number of carbonyl (C=O) groups is 1. The van der Waals surface area contributed by atoms with Crippen molar-refractivity contribution in [1.29, 1.82) is 0 Å². The number of halogens is 1. The van der Waals surface area contributed by atoms with Crippen molar-refractivity contribution in [1.82, 2.24) is 9.97 Å². The fourth-order valence-electron chi connectivity index (χ4n) is 4.22. The highest BCUT2D eigenvalue weighted by molar-refractivity contribution is 6.31. The van der Waals surface area contributed by atoms with E-state index in [0.29, 0.717) is 16.6 Å². The molecule has 1 aliphatic rings. The van der Waals surface area contributed by atoms with Crippen LogP contribution in [0.2, 0.25) is 5.02 Å². The van der Waals surface area contributed by atoms with Crippen LogP contribution in [0.3, 0.4) is 0 Å². The van der Waals surface area contributed by atoms with Crippen molar-refractivity contribution in [3.05, 3.63) is 101 Å². The van der Waals surface area contributed by atoms with Crippen molar-refractivity contribution in [2.45, 2.75) is 25.7 Å². The SMILES string of the molecule is Cc1ccc(NC(=O)Nc2ccc(-c3ccc4c(c3)CC(c3cnc[nH]3)C4)cc2)cc1Cl. The topological polar surface area (TPSA) is 69.8 Å². The lowest BCUT2D eigenvalue weighted by molar-refractivity contribution is 0.262. The molecule has 1 aliphatic carbocycles. The number of anilines is 2. The summed E-state index contributed by atoms with van der Waals surface area (Å²) < 4.78 is 0. The Labute approximate surface area is 191 Å². The summed E-state index contributed by atoms with van der Waals surface area (Å²) in [5.74, 6) is 0.469. The van der Waals surface area contributed by atoms with Crippen LogP contribution in [0.1, 0.15) is 28.3 Å². The average Bonchev–Trinajstić information content (AvgIpc) is 3.46. The molecule has 32 heavy (non-hydrogen) atoms. The Morgan fingerprint density at radius 3 is 2.41 bits per heavy atom. The highest BCUT2D eigenvalue weighted by Crippen LogP contribution is 2.35. The Morgan fingerprint density at radius 1 is 0.938 bits per heavy atom. The van der Waals surface area contributed by atoms with E-state index in [2.05, 4.69) is 38.8 Å². The summed E-state index contributed by atoms with van der Waals surface area (Å²) in [6, 6.07) is 19.7. The lowest BCUT2D eigenvalue weighted by atomic mass is 10.0. The number of amides is 2. The number of aryl methyl sites for hydroxylation is 1. The van der Waals surface area contributed by atoms with Crippen molar-refractivity contribution in [3.8, 4) is 11.1 Å². The minimum Gasteiger partial charge on any atom is -0.348 e. The number of imidazole rings is 1. The number of hydrogen-bond donors (Lipinski definition) is 3. The van der Waals surface area contributed by atoms with E-state index >= 15 is 0 Å². The molecule has 1 aromatic heterocycles. The maximum atomic E-state index is 12.3. The van der Waals surface area contributed by atoms with Crippen LogP contribution in [0.15, 0.2) is 73.2 Å². The maximum Gasteiger partial charge on any atom is 0.323 e. The largest absolute Gasteiger partial charge is 0.348 e. The molecule has 0 radical (unpaired) electrons. The average molecular weight is 443 g/mol. The molecule has 6 heteroatoms. The van der Waals surface area contributed by atoms with Gasteiger partial charge in [-0.25, -0.2) is 9.78 Å². The minimum atomic E-state index is -0.306. The first kappa shape index (κ1) is 20.3. The summed E-state index contributed by atoms with van der Waals surface area (Å²) in [6.07, 6.45) is 5.73. The number of benzene rings is 3. The number of aromatic nitrogens is 2. The van der Waals surface area contributed by atoms with Gasteiger partial charge < -0.3 is 15.6 Å². The van der Waals surface area contributed by atoms with E-state index in [1.807, 2.05) is 49.5 Å². The zero-order chi connectivity index (χ0) is 22.1. The van der Waals surface area contributed by atoms with E-state index in [4.69, 9.17) is 11.6 Å². The lowest BCUT2D eigenvalue weighted by Crippen LogP contribution is -2.19. The number of carbonyl (C=O) groups excluding carboxylic acids is 1. The molecule has 0 aliphatic heterocycles. The second kappa shape index (κ2) is 8.52. The Morgan fingerprint density at radius 2 is 1.66 bits per heavy atom. The quantitative estimate of drug-likeness (QED) is 0.334. The predicted molar refractivity (Wildman–Crippen MR) is 129 cm³/mol. The van der Waals surface area contributed by atoms with E-state index < -0.39 is 0 Å². The van der Waals surface area contributed by atoms with Crippen LogP contribution < -0.4 is 10.6 Å². The molecule has 1 heterocycles. The molecule has 0 saturated heterocycles. The molecule has 5 nitrogen and oxygen atoms in total. The first-order chi connectivity index (χ1) is 15.5. The molecule has 0 fully saturated rings. The Balaban J connectivity index is 1.25. The molecular formula is C26H23ClN4O. The highest BCUT2D eigenvalue weighted by Gasteiger charge is 2.24. The summed E-state index contributed by atoms with van der Waals surface area (Å²) in [6.45, 7) is 1.92. The van der Waals surface area contributed by atoms with Crippen molar-refractivity contribution in [2.75, 3.05) is 10.6 Å². The van der Waals surface area contributed by atoms with Gasteiger partial charge in [0.05, 0.1) is 6.33 Å². The summed E-state index contributed by atoms with van der Waals surface area (Å²) in [5.41, 5.74) is 8.64. The number of hydrogen-bond acceptors (Lipinski definition) is 2. The molecule has 5 rings (SSSR count). The van der Waals surface area contributed by atoms with Gasteiger partial charge in [-0.1, -0.05) is 48.0 Å². The van der Waals surface area contributed by atoms with Crippen molar-refractivity contribution >= 4 is 29.0 Å². The zero-order valence-electron chi connectivity index (χ0n) is 17.7. The number of H-pyrrole nitrogens is 1. The van der Waals surface area contributed by atoms with Crippen molar-refractivity contribution in [2.24, 2.45) is 0 Å². The van der Waals surface area contributed by atoms with Gasteiger partial charge in [0, 0.05) is 34.2 Å². The second-order valence-corrected chi connectivity index (χ2v) is 8.62. The molecule has 0 spiro atoms. The Kier molecular flexibility index (Phi) is 5.41. The van der Waals surface area contributed by atoms with Crippen LogP contribution in [-0.2, 0) is 12.8 Å². The molecule has 1 unspecified atom stereocenters. The second-order valence-electron chi connectivity index (χ2n) is 8.22. The Hall–Kier alpha value is -3.57. The maximum absolute atomic E-state index is 12.3. The van der Waals surface area contributed by atoms with E-state index in [1.54, 1.807) is 12.4 Å². The number of nitrogens with zero attached hydrogens (tertiary/aromatic N) is 1. The summed E-state index contributed by atoms with van der Waals surface area (Å²) in [5, 5.41) is 6.29. The summed E-state index contributed by atoms with van der Waals surface area (Å²) in [7, 11) is 0. The van der Waals surface area contributed by atoms with Crippen LogP contribution in [0, 0.1) is 6.92 Å². The molecule has 0 bridgehead atoms. The fraction of sp³-hybridized carbons (Fsp3) is 0.154. The summed E-state index contributed by atoms with van der Waals surface area (Å²) in [4.78, 5) is 19.7. The van der Waals surface area contributed by atoms with Gasteiger partial charge in [-0.05, 0) is 71.8 Å². The lowest BCUT2D eigenvalue weighted by Gasteiger charge is -2.10. The van der Waals surface area contributed by atoms with Gasteiger partial charge in [0.25, 0.3) is 0 Å². The van der Waals surface area contributed by atoms with Gasteiger partial charge in [-0.3, -0.25) is 0 Å². The standard InChI is InChI=1S/C26H23ClN4O/c1-16-2-7-23(13-24(16)27)31-26(32)30-22-8-5-17(6-9-22)18-3-4-19-11-21(12-20(19)10-18)25-14-28-15-29-25/h2-10,13-15,21H,11-12H2,1H3,(H,28,29)(H2,30,31,32). The summed E-state index contributed by atoms with van der Waals surface area (Å²) >= 11 is 6.13. The van der Waals surface area contributed by atoms with Gasteiger partial charge in [0.2, 0.25) is 0 Å². The number of urea groups is 1. The molecule has 4 aromatic rings. The van der Waals surface area contributed by atoms with E-state index in [9.17, 15) is 4.79 Å². The third-order valence-corrected chi connectivity index (χ3v) is 6.41. The molecule has 3 N–H and O–H groups in total. The molecule has 3 aromatic carbocycles. The first-order valence-electron chi connectivity index (χ1n) is 10.6. The first-order valence-corrected chi connectivity index (χ1v) is 11.0. The minimum absolute atomic E-state index is 0.306. The number of aromatic amines is 1. The van der Waals surface area contributed by atoms with Gasteiger partial charge in [0.15, 0.2) is 0 Å². The van der Waals surface area contributed by atoms with Crippen molar-refractivity contribution in [3.63, 3.8) is 0 Å². The highest BCUT2D eigenvalue weighted by atomic mass is 35.5. The Bertz CT molecular complexity index is 1270. The van der Waals surface area contributed by atoms with Crippen LogP contribution in [0.5, 0.6) is 0 Å². The van der Waals surface area contributed by atoms with Gasteiger partial charge >= 0.3 is 6.03 Å². The van der Waals surface area contributed by atoms with Crippen LogP contribution in [0.4, 0.5) is 16.2 Å². The van der Waals surface area contributed by atoms with Crippen molar-refractivity contribution < 1.29 is 4.79 Å². The van der Waals surface area contributed by atoms with E-state index in [1.165, 1.54) is 22.4 Å². The van der Waals surface area contributed by atoms with Crippen LogP contribution in [-0.4, -0.2) is 16.0 Å². The molecule has 2 amide bonds. The predicted octanol–water partition coefficient (Wildman–Crippen LogP) is 6.56. The third-order valence-electron chi connectivity index (χ3n) is 6.00. The number of rotatable bonds is 4. The fourth-order valence-corrected chi connectivity index (χ4v) is 4.40. The third kappa shape index (κ3) is 4.25. The van der Waals surface area contributed by atoms with Crippen LogP contribution >= 0.6 is 11.6 Å². The molecule has 160 valence electrons. The monoisotopic (exact) mass is 442 g/mol.